The van der Waals surface area contributed by atoms with Gasteiger partial charge in [0.1, 0.15) is 0 Å². The summed E-state index contributed by atoms with van der Waals surface area (Å²) < 4.78 is 4.90. The minimum atomic E-state index is -0.935. The molecule has 1 unspecified atom stereocenters. The molecule has 0 aliphatic carbocycles. The van der Waals surface area contributed by atoms with E-state index in [4.69, 9.17) is 14.9 Å². The molecule has 2 N–H and O–H groups in total. The molecule has 0 spiro atoms. The Morgan fingerprint density at radius 2 is 1.75 bits per heavy atom. The van der Waals surface area contributed by atoms with Crippen molar-refractivity contribution in [3.8, 4) is 0 Å². The van der Waals surface area contributed by atoms with Gasteiger partial charge in [-0.25, -0.2) is 9.59 Å². The number of carbonyl (C=O) groups is 2. The van der Waals surface area contributed by atoms with Gasteiger partial charge in [-0.05, 0) is 19.8 Å². The summed E-state index contributed by atoms with van der Waals surface area (Å²) in [7, 11) is 0. The fourth-order valence-electron chi connectivity index (χ4n) is 0.677. The third kappa shape index (κ3) is 7.75. The number of rotatable bonds is 5. The van der Waals surface area contributed by atoms with Gasteiger partial charge in [0.2, 0.25) is 0 Å². The van der Waals surface area contributed by atoms with Gasteiger partial charge in [0.25, 0.3) is 0 Å². The Morgan fingerprint density at radius 1 is 1.31 bits per heavy atom. The normalized spacial score (nSPS) is 16.7. The largest absolute Gasteiger partial charge is 0.478 e. The standard InChI is InChI=1S/C7H10O3.C4H6O2/c1-5(7(8)9)2-3-6-4-10-6;1-3(2)4(5)6/h6H,1-4H2,(H,8,9);1H2,2H3,(H,5,6). The van der Waals surface area contributed by atoms with Gasteiger partial charge in [-0.15, -0.1) is 0 Å². The van der Waals surface area contributed by atoms with Crippen molar-refractivity contribution < 1.29 is 24.5 Å². The molecule has 90 valence electrons. The minimum Gasteiger partial charge on any atom is -0.478 e. The molecule has 1 atom stereocenters. The molecule has 1 fully saturated rings. The van der Waals surface area contributed by atoms with E-state index in [1.165, 1.54) is 6.92 Å². The fraction of sp³-hybridized carbons (Fsp3) is 0.455. The molecule has 0 bridgehead atoms. The molecule has 1 aliphatic rings. The van der Waals surface area contributed by atoms with Gasteiger partial charge < -0.3 is 14.9 Å². The number of aliphatic carboxylic acids is 2. The van der Waals surface area contributed by atoms with Crippen molar-refractivity contribution in [3.05, 3.63) is 24.3 Å². The van der Waals surface area contributed by atoms with E-state index in [1.54, 1.807) is 0 Å². The van der Waals surface area contributed by atoms with Crippen LogP contribution in [0.4, 0.5) is 0 Å². The average molecular weight is 228 g/mol. The maximum Gasteiger partial charge on any atom is 0.330 e. The number of epoxide rings is 1. The van der Waals surface area contributed by atoms with Gasteiger partial charge in [-0.2, -0.15) is 0 Å². The van der Waals surface area contributed by atoms with E-state index in [2.05, 4.69) is 13.2 Å². The molecular formula is C11H16O5. The van der Waals surface area contributed by atoms with Gasteiger partial charge in [0, 0.05) is 11.1 Å². The Kier molecular flexibility index (Phi) is 6.10. The highest BCUT2D eigenvalue weighted by molar-refractivity contribution is 5.85. The van der Waals surface area contributed by atoms with Crippen molar-refractivity contribution in [2.24, 2.45) is 0 Å². The summed E-state index contributed by atoms with van der Waals surface area (Å²) in [5.41, 5.74) is 0.450. The van der Waals surface area contributed by atoms with Crippen molar-refractivity contribution in [1.82, 2.24) is 0 Å². The lowest BCUT2D eigenvalue weighted by atomic mass is 10.1. The number of carboxylic acid groups (broad SMARTS) is 2. The van der Waals surface area contributed by atoms with E-state index in [1.807, 2.05) is 0 Å². The highest BCUT2D eigenvalue weighted by Crippen LogP contribution is 2.17. The SMILES string of the molecule is C=C(C)C(=O)O.C=C(CCC1CO1)C(=O)O. The first-order valence-corrected chi connectivity index (χ1v) is 4.76. The second-order valence-corrected chi connectivity index (χ2v) is 3.49. The third-order valence-corrected chi connectivity index (χ3v) is 1.84. The summed E-state index contributed by atoms with van der Waals surface area (Å²) in [5, 5.41) is 16.3. The zero-order valence-electron chi connectivity index (χ0n) is 9.23. The first-order valence-electron chi connectivity index (χ1n) is 4.76. The van der Waals surface area contributed by atoms with Crippen LogP contribution in [0.3, 0.4) is 0 Å². The van der Waals surface area contributed by atoms with E-state index >= 15 is 0 Å². The van der Waals surface area contributed by atoms with Crippen LogP contribution >= 0.6 is 0 Å². The van der Waals surface area contributed by atoms with Gasteiger partial charge >= 0.3 is 11.9 Å². The number of hydrogen-bond acceptors (Lipinski definition) is 3. The summed E-state index contributed by atoms with van der Waals surface area (Å²) in [5.74, 6) is -1.84. The maximum atomic E-state index is 10.2. The molecule has 16 heavy (non-hydrogen) atoms. The van der Waals surface area contributed by atoms with Crippen molar-refractivity contribution in [2.75, 3.05) is 6.61 Å². The molecule has 5 heteroatoms. The van der Waals surface area contributed by atoms with E-state index in [9.17, 15) is 9.59 Å². The Hall–Kier alpha value is -1.62. The molecule has 1 rings (SSSR count). The fourth-order valence-corrected chi connectivity index (χ4v) is 0.677. The quantitative estimate of drug-likeness (QED) is 0.549. The zero-order chi connectivity index (χ0) is 12.7. The molecule has 0 aromatic carbocycles. The molecule has 1 aliphatic heterocycles. The predicted octanol–water partition coefficient (Wildman–Crippen LogP) is 1.45. The third-order valence-electron chi connectivity index (χ3n) is 1.84. The molecular weight excluding hydrogens is 212 g/mol. The second-order valence-electron chi connectivity index (χ2n) is 3.49. The zero-order valence-corrected chi connectivity index (χ0v) is 9.23. The van der Waals surface area contributed by atoms with Crippen LogP contribution in [0.15, 0.2) is 24.3 Å². The maximum absolute atomic E-state index is 10.2. The Balaban J connectivity index is 0.000000325. The molecule has 0 radical (unpaired) electrons. The Morgan fingerprint density at radius 3 is 2.00 bits per heavy atom. The molecule has 0 amide bonds. The lowest BCUT2D eigenvalue weighted by Gasteiger charge is -1.95. The summed E-state index contributed by atoms with van der Waals surface area (Å²) in [6.45, 7) is 8.79. The highest BCUT2D eigenvalue weighted by Gasteiger charge is 2.22. The van der Waals surface area contributed by atoms with Crippen LogP contribution in [0.1, 0.15) is 19.8 Å². The first kappa shape index (κ1) is 14.4. The smallest absolute Gasteiger partial charge is 0.330 e. The van der Waals surface area contributed by atoms with Gasteiger partial charge in [-0.1, -0.05) is 13.2 Å². The van der Waals surface area contributed by atoms with E-state index < -0.39 is 11.9 Å². The minimum absolute atomic E-state index is 0.176. The Labute approximate surface area is 94.0 Å². The van der Waals surface area contributed by atoms with Crippen molar-refractivity contribution >= 4 is 11.9 Å². The highest BCUT2D eigenvalue weighted by atomic mass is 16.6. The topological polar surface area (TPSA) is 87.1 Å². The van der Waals surface area contributed by atoms with Crippen LogP contribution in [0.25, 0.3) is 0 Å². The molecule has 1 heterocycles. The van der Waals surface area contributed by atoms with E-state index in [-0.39, 0.29) is 11.1 Å². The summed E-state index contributed by atoms with van der Waals surface area (Å²) in [4.78, 5) is 19.8. The van der Waals surface area contributed by atoms with E-state index in [0.717, 1.165) is 13.0 Å². The molecule has 0 saturated carbocycles. The Bertz CT molecular complexity index is 289. The van der Waals surface area contributed by atoms with Crippen LogP contribution in [0.2, 0.25) is 0 Å². The van der Waals surface area contributed by atoms with Crippen LogP contribution < -0.4 is 0 Å². The van der Waals surface area contributed by atoms with Crippen molar-refractivity contribution in [1.29, 1.82) is 0 Å². The van der Waals surface area contributed by atoms with Gasteiger partial charge in [0.15, 0.2) is 0 Å². The molecule has 0 aromatic rings. The average Bonchev–Trinajstić information content (AvgIpc) is 2.98. The van der Waals surface area contributed by atoms with Gasteiger partial charge in [0.05, 0.1) is 12.7 Å². The lowest BCUT2D eigenvalue weighted by Crippen LogP contribution is -1.99. The summed E-state index contributed by atoms with van der Waals surface area (Å²) >= 11 is 0. The van der Waals surface area contributed by atoms with Crippen LogP contribution in [0.5, 0.6) is 0 Å². The second kappa shape index (κ2) is 6.79. The van der Waals surface area contributed by atoms with Crippen molar-refractivity contribution in [3.63, 3.8) is 0 Å². The number of ether oxygens (including phenoxy) is 1. The summed E-state index contributed by atoms with van der Waals surface area (Å²) in [6.07, 6.45) is 1.64. The van der Waals surface area contributed by atoms with Crippen LogP contribution in [-0.4, -0.2) is 34.9 Å². The van der Waals surface area contributed by atoms with Crippen LogP contribution in [-0.2, 0) is 14.3 Å². The summed E-state index contributed by atoms with van der Waals surface area (Å²) in [6, 6.07) is 0. The number of hydrogen-bond donors (Lipinski definition) is 2. The monoisotopic (exact) mass is 228 g/mol. The van der Waals surface area contributed by atoms with E-state index in [0.29, 0.717) is 12.5 Å². The number of carboxylic acids is 2. The lowest BCUT2D eigenvalue weighted by molar-refractivity contribution is -0.133. The first-order chi connectivity index (χ1) is 7.34. The van der Waals surface area contributed by atoms with Crippen LogP contribution in [0, 0.1) is 0 Å². The van der Waals surface area contributed by atoms with Crippen molar-refractivity contribution in [2.45, 2.75) is 25.9 Å². The predicted molar refractivity (Wildman–Crippen MR) is 58.2 cm³/mol. The molecule has 5 nitrogen and oxygen atoms in total. The molecule has 1 saturated heterocycles. The van der Waals surface area contributed by atoms with Gasteiger partial charge in [-0.3, -0.25) is 0 Å². The molecule has 0 aromatic heterocycles.